The maximum absolute atomic E-state index is 11.8. The molecule has 2 saturated heterocycles. The molecular weight excluding hydrogens is 289 g/mol. The molecule has 2 aliphatic rings. The standard InChI is InChI=1S/C10H12N3O6P/c1-10(11)7-5(4-17-20(16)19-7)18-8(10)13-3-2-6(14)12-9(13)15/h2-3,5,7-8H,4,11H2,1H3/p+1/t5-,7?,8-,10-/m1/s1. The van der Waals surface area contributed by atoms with Crippen molar-refractivity contribution in [2.75, 3.05) is 6.61 Å². The second-order valence-corrected chi connectivity index (χ2v) is 5.87. The number of aromatic nitrogens is 2. The first-order valence-electron chi connectivity index (χ1n) is 5.92. The lowest BCUT2D eigenvalue weighted by Crippen LogP contribution is -2.54. The third kappa shape index (κ3) is 2.04. The van der Waals surface area contributed by atoms with Gasteiger partial charge in [-0.3, -0.25) is 14.3 Å². The zero-order chi connectivity index (χ0) is 14.5. The van der Waals surface area contributed by atoms with Crippen LogP contribution in [0.25, 0.3) is 0 Å². The van der Waals surface area contributed by atoms with E-state index < -0.39 is 43.5 Å². The predicted molar refractivity (Wildman–Crippen MR) is 66.3 cm³/mol. The fourth-order valence-electron chi connectivity index (χ4n) is 2.47. The van der Waals surface area contributed by atoms with Gasteiger partial charge in [-0.05, 0) is 6.92 Å². The molecule has 0 aromatic carbocycles. The summed E-state index contributed by atoms with van der Waals surface area (Å²) < 4.78 is 28.2. The van der Waals surface area contributed by atoms with Gasteiger partial charge in [0, 0.05) is 16.8 Å². The van der Waals surface area contributed by atoms with E-state index in [0.29, 0.717) is 0 Å². The van der Waals surface area contributed by atoms with Crippen molar-refractivity contribution < 1.29 is 18.3 Å². The maximum Gasteiger partial charge on any atom is 0.697 e. The number of aromatic amines is 1. The molecule has 20 heavy (non-hydrogen) atoms. The summed E-state index contributed by atoms with van der Waals surface area (Å²) in [6.45, 7) is 1.70. The van der Waals surface area contributed by atoms with Gasteiger partial charge in [-0.15, -0.1) is 9.05 Å². The summed E-state index contributed by atoms with van der Waals surface area (Å²) in [6.07, 6.45) is -0.744. The van der Waals surface area contributed by atoms with Gasteiger partial charge in [0.05, 0.1) is 5.54 Å². The Morgan fingerprint density at radius 2 is 2.30 bits per heavy atom. The molecule has 5 atom stereocenters. The molecule has 0 bridgehead atoms. The van der Waals surface area contributed by atoms with Crippen LogP contribution in [0.15, 0.2) is 21.9 Å². The van der Waals surface area contributed by atoms with Crippen LogP contribution in [0.2, 0.25) is 0 Å². The Bertz CT molecular complexity index is 667. The van der Waals surface area contributed by atoms with Crippen LogP contribution in [0.5, 0.6) is 0 Å². The smallest absolute Gasteiger partial charge is 0.347 e. The number of ether oxygens (including phenoxy) is 1. The van der Waals surface area contributed by atoms with Crippen LogP contribution in [0.1, 0.15) is 13.2 Å². The van der Waals surface area contributed by atoms with E-state index in [1.807, 2.05) is 0 Å². The Hall–Kier alpha value is -1.38. The van der Waals surface area contributed by atoms with E-state index in [1.54, 1.807) is 6.92 Å². The molecule has 108 valence electrons. The molecule has 0 saturated carbocycles. The molecule has 2 aliphatic heterocycles. The summed E-state index contributed by atoms with van der Waals surface area (Å²) in [5, 5.41) is 0. The monoisotopic (exact) mass is 302 g/mol. The lowest BCUT2D eigenvalue weighted by Gasteiger charge is -2.28. The van der Waals surface area contributed by atoms with Gasteiger partial charge < -0.3 is 10.5 Å². The highest BCUT2D eigenvalue weighted by Crippen LogP contribution is 2.46. The highest BCUT2D eigenvalue weighted by molar-refractivity contribution is 7.33. The summed E-state index contributed by atoms with van der Waals surface area (Å²) in [7, 11) is -2.24. The van der Waals surface area contributed by atoms with E-state index >= 15 is 0 Å². The minimum Gasteiger partial charge on any atom is -0.347 e. The third-order valence-corrected chi connectivity index (χ3v) is 4.19. The first-order valence-corrected chi connectivity index (χ1v) is 7.02. The van der Waals surface area contributed by atoms with Gasteiger partial charge in [-0.1, -0.05) is 0 Å². The number of nitrogens with two attached hydrogens (primary N) is 1. The molecule has 0 amide bonds. The average Bonchev–Trinajstić information content (AvgIpc) is 2.62. The Kier molecular flexibility index (Phi) is 3.11. The SMILES string of the molecule is C[C@@]1(N)C2O[P+](=O)OC[C@H]2O[C@H]1n1ccc(=O)[nH]c1=O. The Morgan fingerprint density at radius 3 is 3.00 bits per heavy atom. The van der Waals surface area contributed by atoms with Gasteiger partial charge >= 0.3 is 13.9 Å². The van der Waals surface area contributed by atoms with E-state index in [-0.39, 0.29) is 6.61 Å². The maximum atomic E-state index is 11.8. The Balaban J connectivity index is 2.00. The molecule has 10 heteroatoms. The van der Waals surface area contributed by atoms with Gasteiger partial charge in [0.15, 0.2) is 12.3 Å². The number of H-pyrrole nitrogens is 1. The van der Waals surface area contributed by atoms with E-state index in [0.717, 1.165) is 0 Å². The fourth-order valence-corrected chi connectivity index (χ4v) is 3.35. The minimum atomic E-state index is -2.24. The molecule has 1 aromatic heterocycles. The average molecular weight is 302 g/mol. The molecule has 1 aromatic rings. The molecule has 2 fully saturated rings. The van der Waals surface area contributed by atoms with Gasteiger partial charge in [0.2, 0.25) is 0 Å². The van der Waals surface area contributed by atoms with Crippen molar-refractivity contribution in [2.45, 2.75) is 30.9 Å². The van der Waals surface area contributed by atoms with Crippen LogP contribution >= 0.6 is 8.25 Å². The minimum absolute atomic E-state index is 0.0707. The summed E-state index contributed by atoms with van der Waals surface area (Å²) in [5.41, 5.74) is 3.95. The molecule has 3 rings (SSSR count). The summed E-state index contributed by atoms with van der Waals surface area (Å²) >= 11 is 0. The molecule has 3 N–H and O–H groups in total. The van der Waals surface area contributed by atoms with Gasteiger partial charge in [-0.2, -0.15) is 0 Å². The van der Waals surface area contributed by atoms with Crippen LogP contribution < -0.4 is 17.0 Å². The van der Waals surface area contributed by atoms with Crippen molar-refractivity contribution in [3.8, 4) is 0 Å². The van der Waals surface area contributed by atoms with Gasteiger partial charge in [0.1, 0.15) is 12.7 Å². The molecule has 0 spiro atoms. The molecule has 0 aliphatic carbocycles. The van der Waals surface area contributed by atoms with Crippen molar-refractivity contribution in [2.24, 2.45) is 5.73 Å². The predicted octanol–water partition coefficient (Wildman–Crippen LogP) is -0.776. The van der Waals surface area contributed by atoms with Crippen molar-refractivity contribution in [3.05, 3.63) is 33.1 Å². The highest BCUT2D eigenvalue weighted by Gasteiger charge is 2.60. The first-order chi connectivity index (χ1) is 9.39. The normalized spacial score (nSPS) is 38.7. The summed E-state index contributed by atoms with van der Waals surface area (Å²) in [5.74, 6) is 0. The zero-order valence-electron chi connectivity index (χ0n) is 10.5. The number of hydrogen-bond donors (Lipinski definition) is 2. The van der Waals surface area contributed by atoms with Crippen LogP contribution in [-0.4, -0.2) is 33.9 Å². The highest BCUT2D eigenvalue weighted by atomic mass is 31.1. The lowest BCUT2D eigenvalue weighted by atomic mass is 9.93. The van der Waals surface area contributed by atoms with E-state index in [1.165, 1.54) is 16.8 Å². The van der Waals surface area contributed by atoms with E-state index in [9.17, 15) is 14.2 Å². The number of hydrogen-bond acceptors (Lipinski definition) is 7. The number of fused-ring (bicyclic) bond motifs is 1. The molecular formula is C10H13N3O6P+. The number of nitrogens with zero attached hydrogens (tertiary/aromatic N) is 1. The molecule has 9 nitrogen and oxygen atoms in total. The number of rotatable bonds is 1. The topological polar surface area (TPSA) is 126 Å². The van der Waals surface area contributed by atoms with Crippen molar-refractivity contribution >= 4 is 8.25 Å². The van der Waals surface area contributed by atoms with Crippen molar-refractivity contribution in [3.63, 3.8) is 0 Å². The van der Waals surface area contributed by atoms with Crippen molar-refractivity contribution in [1.82, 2.24) is 9.55 Å². The van der Waals surface area contributed by atoms with Gasteiger partial charge in [-0.25, -0.2) is 4.79 Å². The van der Waals surface area contributed by atoms with Gasteiger partial charge in [0.25, 0.3) is 5.56 Å². The first kappa shape index (κ1) is 13.6. The molecule has 0 radical (unpaired) electrons. The molecule has 3 heterocycles. The zero-order valence-corrected chi connectivity index (χ0v) is 11.4. The number of nitrogens with one attached hydrogen (secondary N) is 1. The lowest BCUT2D eigenvalue weighted by molar-refractivity contribution is -0.0558. The summed E-state index contributed by atoms with van der Waals surface area (Å²) in [6, 6.07) is 1.20. The van der Waals surface area contributed by atoms with Crippen LogP contribution in [-0.2, 0) is 18.3 Å². The van der Waals surface area contributed by atoms with Crippen molar-refractivity contribution in [1.29, 1.82) is 0 Å². The quantitative estimate of drug-likeness (QED) is 0.652. The fraction of sp³-hybridized carbons (Fsp3) is 0.600. The van der Waals surface area contributed by atoms with E-state index in [2.05, 4.69) is 4.98 Å². The van der Waals surface area contributed by atoms with Crippen LogP contribution in [0.4, 0.5) is 0 Å². The van der Waals surface area contributed by atoms with E-state index in [4.69, 9.17) is 19.5 Å². The largest absolute Gasteiger partial charge is 0.697 e. The molecule has 2 unspecified atom stereocenters. The van der Waals surface area contributed by atoms with Crippen LogP contribution in [0.3, 0.4) is 0 Å². The Labute approximate surface area is 113 Å². The van der Waals surface area contributed by atoms with Crippen LogP contribution in [0, 0.1) is 0 Å². The third-order valence-electron chi connectivity index (χ3n) is 3.43. The summed E-state index contributed by atoms with van der Waals surface area (Å²) in [4.78, 5) is 25.0. The Morgan fingerprint density at radius 1 is 1.55 bits per heavy atom. The second-order valence-electron chi connectivity index (χ2n) is 4.96. The second kappa shape index (κ2) is 4.57.